The first-order valence-electron chi connectivity index (χ1n) is 16.4. The molecule has 0 bridgehead atoms. The van der Waals surface area contributed by atoms with Crippen molar-refractivity contribution in [1.29, 1.82) is 0 Å². The van der Waals surface area contributed by atoms with Gasteiger partial charge in [0.25, 0.3) is 10.0 Å². The molecule has 4 saturated carbocycles. The fourth-order valence-corrected chi connectivity index (χ4v) is 11.5. The molecule has 0 heterocycles. The van der Waals surface area contributed by atoms with E-state index in [1.165, 1.54) is 0 Å². The Hall–Kier alpha value is -1.92. The topological polar surface area (TPSA) is 116 Å². The van der Waals surface area contributed by atoms with Gasteiger partial charge >= 0.3 is 12.2 Å². The summed E-state index contributed by atoms with van der Waals surface area (Å²) in [5.41, 5.74) is -1.27. The standard InChI is InChI=1S/C33H48F4N2O5S/c1-5-21-27-28(34)25(40)13-16-32(27,4)24-12-15-31(3)22(10-11-23(31)26(24)29(21)41)18(2)14-17-38-30(42)39-45(43,44)20-8-6-19(7-9-20)33(35,36)37/h6-9,18,21-29,40-41H,5,10-17H2,1-4H3,(H2,38,39,42)/t18-,21-,22?,23?,24?,25-,26?,27-,28+,29?,31-,32-/m1/s1. The minimum atomic E-state index is -4.60. The summed E-state index contributed by atoms with van der Waals surface area (Å²) < 4.78 is 81.0. The highest BCUT2D eigenvalue weighted by molar-refractivity contribution is 7.90. The first-order valence-corrected chi connectivity index (χ1v) is 17.9. The van der Waals surface area contributed by atoms with Crippen LogP contribution >= 0.6 is 0 Å². The van der Waals surface area contributed by atoms with Crippen LogP contribution in [0.25, 0.3) is 0 Å². The van der Waals surface area contributed by atoms with Gasteiger partial charge in [-0.2, -0.15) is 13.2 Å². The molecule has 0 spiro atoms. The van der Waals surface area contributed by atoms with E-state index in [1.54, 1.807) is 0 Å². The lowest BCUT2D eigenvalue weighted by atomic mass is 9.41. The summed E-state index contributed by atoms with van der Waals surface area (Å²) in [5, 5.41) is 24.8. The van der Waals surface area contributed by atoms with Crippen LogP contribution in [-0.4, -0.2) is 49.6 Å². The molecule has 12 atom stereocenters. The third-order valence-corrected chi connectivity index (χ3v) is 14.1. The van der Waals surface area contributed by atoms with Crippen LogP contribution in [-0.2, 0) is 16.2 Å². The second-order valence-electron chi connectivity index (χ2n) is 14.8. The molecule has 5 unspecified atom stereocenters. The van der Waals surface area contributed by atoms with Crippen molar-refractivity contribution < 1.29 is 41.0 Å². The number of halogens is 4. The van der Waals surface area contributed by atoms with Crippen molar-refractivity contribution in [2.45, 2.75) is 109 Å². The molecule has 4 aliphatic rings. The molecule has 5 rings (SSSR count). The lowest BCUT2D eigenvalue weighted by Gasteiger charge is -2.65. The quantitative estimate of drug-likeness (QED) is 0.257. The van der Waals surface area contributed by atoms with E-state index in [1.807, 2.05) is 11.6 Å². The summed E-state index contributed by atoms with van der Waals surface area (Å²) in [4.78, 5) is 12.0. The van der Waals surface area contributed by atoms with Crippen molar-refractivity contribution in [2.24, 2.45) is 52.3 Å². The van der Waals surface area contributed by atoms with Crippen molar-refractivity contribution in [3.8, 4) is 0 Å². The first-order chi connectivity index (χ1) is 21.0. The van der Waals surface area contributed by atoms with E-state index in [0.717, 1.165) is 44.2 Å². The Morgan fingerprint density at radius 2 is 1.64 bits per heavy atom. The van der Waals surface area contributed by atoms with Crippen molar-refractivity contribution in [3.63, 3.8) is 0 Å². The van der Waals surface area contributed by atoms with Gasteiger partial charge in [0.15, 0.2) is 0 Å². The van der Waals surface area contributed by atoms with Gasteiger partial charge < -0.3 is 15.5 Å². The van der Waals surface area contributed by atoms with Gasteiger partial charge in [-0.15, -0.1) is 0 Å². The SMILES string of the molecule is CC[C@H]1C(O)C2C3CCC([C@H](C)CCNC(=O)NS(=O)(=O)c4ccc(C(F)(F)F)cc4)[C@@]3(C)CCC2[C@@]2(C)CC[C@@H](O)[C@H](F)[C@@H]12. The molecule has 1 aromatic rings. The first kappa shape index (κ1) is 34.4. The number of hydrogen-bond donors (Lipinski definition) is 4. The molecule has 0 aromatic heterocycles. The maximum Gasteiger partial charge on any atom is 0.416 e. The highest BCUT2D eigenvalue weighted by atomic mass is 32.2. The lowest BCUT2D eigenvalue weighted by Crippen LogP contribution is -2.65. The van der Waals surface area contributed by atoms with Crippen LogP contribution in [0.2, 0.25) is 0 Å². The van der Waals surface area contributed by atoms with Crippen molar-refractivity contribution in [2.75, 3.05) is 6.54 Å². The summed E-state index contributed by atoms with van der Waals surface area (Å²) in [6.45, 7) is 8.90. The molecule has 254 valence electrons. The van der Waals surface area contributed by atoms with Gasteiger partial charge in [-0.05, 0) is 116 Å². The van der Waals surface area contributed by atoms with Crippen LogP contribution in [0.1, 0.15) is 84.6 Å². The smallest absolute Gasteiger partial charge is 0.393 e. The number of aliphatic hydroxyl groups is 2. The molecule has 12 heteroatoms. The lowest BCUT2D eigenvalue weighted by molar-refractivity contribution is -0.222. The van der Waals surface area contributed by atoms with E-state index in [9.17, 15) is 36.6 Å². The number of urea groups is 1. The Morgan fingerprint density at radius 3 is 2.27 bits per heavy atom. The number of carbonyl (C=O) groups excluding carboxylic acids is 1. The van der Waals surface area contributed by atoms with Crippen LogP contribution in [0.4, 0.5) is 22.4 Å². The van der Waals surface area contributed by atoms with Crippen LogP contribution in [0.3, 0.4) is 0 Å². The van der Waals surface area contributed by atoms with Gasteiger partial charge in [-0.3, -0.25) is 0 Å². The zero-order valence-electron chi connectivity index (χ0n) is 26.5. The van der Waals surface area contributed by atoms with Gasteiger partial charge in [-0.1, -0.05) is 34.1 Å². The Bertz CT molecular complexity index is 1340. The van der Waals surface area contributed by atoms with E-state index >= 15 is 4.39 Å². The number of fused-ring (bicyclic) bond motifs is 5. The Labute approximate surface area is 264 Å². The molecule has 0 radical (unpaired) electrons. The summed E-state index contributed by atoms with van der Waals surface area (Å²) >= 11 is 0. The second-order valence-corrected chi connectivity index (χ2v) is 16.5. The van der Waals surface area contributed by atoms with Gasteiger partial charge in [-0.25, -0.2) is 22.3 Å². The number of carbonyl (C=O) groups is 1. The Morgan fingerprint density at radius 1 is 1.02 bits per heavy atom. The number of hydrogen-bond acceptors (Lipinski definition) is 5. The normalized spacial score (nSPS) is 40.5. The molecule has 0 aliphatic heterocycles. The zero-order chi connectivity index (χ0) is 33.1. The number of aliphatic hydroxyl groups excluding tert-OH is 2. The van der Waals surface area contributed by atoms with Crippen molar-refractivity contribution in [3.05, 3.63) is 29.8 Å². The number of rotatable bonds is 7. The predicted octanol–water partition coefficient (Wildman–Crippen LogP) is 6.29. The van der Waals surface area contributed by atoms with Gasteiger partial charge in [0.05, 0.1) is 22.7 Å². The third-order valence-electron chi connectivity index (χ3n) is 12.8. The second kappa shape index (κ2) is 12.3. The van der Waals surface area contributed by atoms with E-state index in [2.05, 4.69) is 26.1 Å². The molecule has 1 aromatic carbocycles. The molecule has 2 amide bonds. The third kappa shape index (κ3) is 6.01. The summed E-state index contributed by atoms with van der Waals surface area (Å²) in [7, 11) is -4.35. The van der Waals surface area contributed by atoms with E-state index < -0.39 is 51.1 Å². The van der Waals surface area contributed by atoms with E-state index in [-0.39, 0.29) is 47.0 Å². The van der Waals surface area contributed by atoms with Crippen molar-refractivity contribution in [1.82, 2.24) is 10.0 Å². The number of alkyl halides is 4. The van der Waals surface area contributed by atoms with E-state index in [0.29, 0.717) is 43.2 Å². The molecule has 4 fully saturated rings. The predicted molar refractivity (Wildman–Crippen MR) is 161 cm³/mol. The van der Waals surface area contributed by atoms with Gasteiger partial charge in [0, 0.05) is 12.5 Å². The fourth-order valence-electron chi connectivity index (χ4n) is 10.6. The summed E-state index contributed by atoms with van der Waals surface area (Å²) in [6, 6.07) is 1.99. The maximum absolute atomic E-state index is 15.6. The van der Waals surface area contributed by atoms with Gasteiger partial charge in [0.2, 0.25) is 0 Å². The Balaban J connectivity index is 1.21. The average molecular weight is 661 g/mol. The number of nitrogens with one attached hydrogen (secondary N) is 2. The fraction of sp³-hybridized carbons (Fsp3) is 0.788. The van der Waals surface area contributed by atoms with Crippen LogP contribution < -0.4 is 10.0 Å². The van der Waals surface area contributed by atoms with E-state index in [4.69, 9.17) is 0 Å². The molecular formula is C33H48F4N2O5S. The Kier molecular flexibility index (Phi) is 9.38. The number of sulfonamides is 1. The van der Waals surface area contributed by atoms with Gasteiger partial charge in [0.1, 0.15) is 6.17 Å². The van der Waals surface area contributed by atoms with Crippen LogP contribution in [0, 0.1) is 52.3 Å². The molecule has 4 aliphatic carbocycles. The zero-order valence-corrected chi connectivity index (χ0v) is 27.3. The molecule has 7 nitrogen and oxygen atoms in total. The van der Waals surface area contributed by atoms with Crippen LogP contribution in [0.15, 0.2) is 29.2 Å². The highest BCUT2D eigenvalue weighted by Crippen LogP contribution is 2.69. The summed E-state index contributed by atoms with van der Waals surface area (Å²) in [6.07, 6.45) is -1.16. The molecular weight excluding hydrogens is 612 g/mol. The van der Waals surface area contributed by atoms with Crippen molar-refractivity contribution >= 4 is 16.1 Å². The average Bonchev–Trinajstić information content (AvgIpc) is 3.32. The molecule has 0 saturated heterocycles. The van der Waals surface area contributed by atoms with Crippen LogP contribution in [0.5, 0.6) is 0 Å². The minimum absolute atomic E-state index is 0.0273. The highest BCUT2D eigenvalue weighted by Gasteiger charge is 2.66. The minimum Gasteiger partial charge on any atom is -0.393 e. The largest absolute Gasteiger partial charge is 0.416 e. The number of amides is 2. The number of benzene rings is 1. The summed E-state index contributed by atoms with van der Waals surface area (Å²) in [5.74, 6) is 0.577. The molecule has 4 N–H and O–H groups in total. The monoisotopic (exact) mass is 660 g/mol. The maximum atomic E-state index is 15.6. The molecule has 45 heavy (non-hydrogen) atoms.